The second kappa shape index (κ2) is 8.89. The third kappa shape index (κ3) is 4.04. The zero-order chi connectivity index (χ0) is 25.6. The number of amides is 2. The molecule has 2 amide bonds. The van der Waals surface area contributed by atoms with Gasteiger partial charge in [-0.15, -0.1) is 0 Å². The Hall–Kier alpha value is -4.02. The Bertz CT molecular complexity index is 1400. The molecule has 3 aromatic rings. The van der Waals surface area contributed by atoms with Crippen LogP contribution in [0.4, 0.5) is 29.3 Å². The smallest absolute Gasteiger partial charge is 0.418 e. The van der Waals surface area contributed by atoms with Crippen LogP contribution < -0.4 is 25.8 Å². The predicted octanol–water partition coefficient (Wildman–Crippen LogP) is 3.97. The summed E-state index contributed by atoms with van der Waals surface area (Å²) >= 11 is 0. The molecule has 1 fully saturated rings. The first-order valence-electron chi connectivity index (χ1n) is 11.5. The van der Waals surface area contributed by atoms with E-state index in [-0.39, 0.29) is 24.3 Å². The highest BCUT2D eigenvalue weighted by atomic mass is 19.4. The number of fused-ring (bicyclic) bond motifs is 1. The normalized spacial score (nSPS) is 15.3. The van der Waals surface area contributed by atoms with Gasteiger partial charge < -0.3 is 15.4 Å². The molecule has 0 atom stereocenters. The van der Waals surface area contributed by atoms with Crippen molar-refractivity contribution >= 4 is 17.4 Å². The fourth-order valence-electron chi connectivity index (χ4n) is 4.89. The van der Waals surface area contributed by atoms with Crippen molar-refractivity contribution in [3.05, 3.63) is 63.9 Å². The Morgan fingerprint density at radius 3 is 2.50 bits per heavy atom. The summed E-state index contributed by atoms with van der Waals surface area (Å²) in [7, 11) is 1.49. The molecule has 2 aliphatic heterocycles. The van der Waals surface area contributed by atoms with Crippen LogP contribution in [0.15, 0.2) is 47.3 Å². The fraction of sp³-hybridized carbons (Fsp3) is 0.320. The summed E-state index contributed by atoms with van der Waals surface area (Å²) in [5, 5.41) is 4.45. The number of anilines is 2. The van der Waals surface area contributed by atoms with Crippen LogP contribution >= 0.6 is 0 Å². The number of alkyl halides is 3. The minimum atomic E-state index is -4.74. The number of halogens is 3. The van der Waals surface area contributed by atoms with Crippen LogP contribution in [0.3, 0.4) is 0 Å². The van der Waals surface area contributed by atoms with Crippen molar-refractivity contribution in [2.24, 2.45) is 5.73 Å². The largest absolute Gasteiger partial charge is 0.497 e. The molecule has 2 aromatic carbocycles. The molecule has 11 heteroatoms. The first-order valence-corrected chi connectivity index (χ1v) is 11.5. The number of benzene rings is 2. The van der Waals surface area contributed by atoms with E-state index in [9.17, 15) is 22.8 Å². The average molecular weight is 499 g/mol. The van der Waals surface area contributed by atoms with Crippen LogP contribution in [-0.4, -0.2) is 42.6 Å². The van der Waals surface area contributed by atoms with Gasteiger partial charge in [-0.3, -0.25) is 9.69 Å². The number of rotatable bonds is 4. The van der Waals surface area contributed by atoms with Crippen molar-refractivity contribution in [2.45, 2.75) is 25.4 Å². The molecule has 0 spiro atoms. The number of ether oxygens (including phenoxy) is 1. The number of nitrogens with zero attached hydrogens (tertiary/aromatic N) is 4. The lowest BCUT2D eigenvalue weighted by Crippen LogP contribution is -2.39. The van der Waals surface area contributed by atoms with Crippen LogP contribution in [0, 0.1) is 0 Å². The zero-order valence-electron chi connectivity index (χ0n) is 19.5. The maximum Gasteiger partial charge on any atom is 0.418 e. The van der Waals surface area contributed by atoms with Gasteiger partial charge in [-0.25, -0.2) is 4.79 Å². The molecule has 1 saturated heterocycles. The number of urea groups is 1. The van der Waals surface area contributed by atoms with Crippen molar-refractivity contribution < 1.29 is 22.7 Å². The summed E-state index contributed by atoms with van der Waals surface area (Å²) in [6.07, 6.45) is -2.59. The second-order valence-corrected chi connectivity index (χ2v) is 8.76. The highest BCUT2D eigenvalue weighted by Gasteiger charge is 2.37. The third-order valence-corrected chi connectivity index (χ3v) is 6.62. The Kier molecular flexibility index (Phi) is 5.85. The number of hydrogen-bond acceptors (Lipinski definition) is 5. The summed E-state index contributed by atoms with van der Waals surface area (Å²) < 4.78 is 48.4. The fourth-order valence-corrected chi connectivity index (χ4v) is 4.89. The van der Waals surface area contributed by atoms with Gasteiger partial charge in [0.15, 0.2) is 0 Å². The molecule has 0 aliphatic carbocycles. The van der Waals surface area contributed by atoms with Crippen LogP contribution in [0.2, 0.25) is 0 Å². The van der Waals surface area contributed by atoms with Crippen molar-refractivity contribution in [3.63, 3.8) is 0 Å². The van der Waals surface area contributed by atoms with Gasteiger partial charge in [0.05, 0.1) is 24.1 Å². The number of nitrogens with two attached hydrogens (primary N) is 1. The molecular formula is C25H24F3N5O3. The molecule has 0 bridgehead atoms. The maximum absolute atomic E-state index is 14.1. The molecule has 0 unspecified atom stereocenters. The Morgan fingerprint density at radius 2 is 1.83 bits per heavy atom. The molecule has 36 heavy (non-hydrogen) atoms. The van der Waals surface area contributed by atoms with Gasteiger partial charge in [-0.1, -0.05) is 12.1 Å². The lowest BCUT2D eigenvalue weighted by atomic mass is 10.0. The monoisotopic (exact) mass is 499 g/mol. The molecule has 2 N–H and O–H groups in total. The first-order chi connectivity index (χ1) is 17.2. The molecular weight excluding hydrogens is 475 g/mol. The second-order valence-electron chi connectivity index (χ2n) is 8.76. The van der Waals surface area contributed by atoms with E-state index < -0.39 is 29.0 Å². The summed E-state index contributed by atoms with van der Waals surface area (Å²) in [6.45, 7) is 1.55. The lowest BCUT2D eigenvalue weighted by Gasteiger charge is -2.22. The number of primary amides is 1. The summed E-state index contributed by atoms with van der Waals surface area (Å²) in [6, 6.07) is 9.70. The minimum Gasteiger partial charge on any atom is -0.497 e. The van der Waals surface area contributed by atoms with Crippen molar-refractivity contribution in [3.8, 4) is 22.7 Å². The van der Waals surface area contributed by atoms with Gasteiger partial charge in [-0.2, -0.15) is 23.0 Å². The average Bonchev–Trinajstić information content (AvgIpc) is 3.54. The quantitative estimate of drug-likeness (QED) is 0.587. The van der Waals surface area contributed by atoms with Crippen molar-refractivity contribution in [1.82, 2.24) is 9.78 Å². The van der Waals surface area contributed by atoms with Crippen LogP contribution in [0.25, 0.3) is 16.9 Å². The van der Waals surface area contributed by atoms with E-state index in [1.807, 2.05) is 4.90 Å². The van der Waals surface area contributed by atoms with Gasteiger partial charge in [-0.05, 0) is 49.6 Å². The summed E-state index contributed by atoms with van der Waals surface area (Å²) in [5.41, 5.74) is 5.07. The topological polar surface area (TPSA) is 93.7 Å². The van der Waals surface area contributed by atoms with Crippen molar-refractivity contribution in [2.75, 3.05) is 36.5 Å². The number of hydrogen-bond donors (Lipinski definition) is 1. The molecule has 5 rings (SSSR count). The van der Waals surface area contributed by atoms with E-state index in [2.05, 4.69) is 5.10 Å². The molecule has 1 aromatic heterocycles. The summed E-state index contributed by atoms with van der Waals surface area (Å²) in [4.78, 5) is 28.8. The molecule has 2 aliphatic rings. The maximum atomic E-state index is 14.1. The van der Waals surface area contributed by atoms with E-state index in [0.29, 0.717) is 35.7 Å². The van der Waals surface area contributed by atoms with Crippen LogP contribution in [0.5, 0.6) is 5.75 Å². The van der Waals surface area contributed by atoms with Crippen LogP contribution in [0.1, 0.15) is 24.0 Å². The summed E-state index contributed by atoms with van der Waals surface area (Å²) in [5.74, 6) is 0.512. The van der Waals surface area contributed by atoms with E-state index in [1.165, 1.54) is 19.2 Å². The van der Waals surface area contributed by atoms with Gasteiger partial charge in [0, 0.05) is 36.4 Å². The standard InChI is InChI=1S/C25H24F3N5O3/c1-36-17-6-4-5-15(13-17)21-18-9-12-32(24(29)35)22(18)23(34)33(30-21)20-14-16(31-10-2-3-11-31)7-8-19(20)25(26,27)28/h4-8,13-14H,2-3,9-12H2,1H3,(H2,29,35). The third-order valence-electron chi connectivity index (χ3n) is 6.62. The Morgan fingerprint density at radius 1 is 1.08 bits per heavy atom. The number of methoxy groups -OCH3 is 1. The Balaban J connectivity index is 1.81. The molecule has 0 radical (unpaired) electrons. The number of carbonyl (C=O) groups is 1. The van der Waals surface area contributed by atoms with Gasteiger partial charge in [0.25, 0.3) is 5.56 Å². The Labute approximate surface area is 204 Å². The van der Waals surface area contributed by atoms with Crippen molar-refractivity contribution in [1.29, 1.82) is 0 Å². The van der Waals surface area contributed by atoms with E-state index in [4.69, 9.17) is 10.5 Å². The van der Waals surface area contributed by atoms with E-state index >= 15 is 0 Å². The molecule has 8 nitrogen and oxygen atoms in total. The lowest BCUT2D eigenvalue weighted by molar-refractivity contribution is -0.137. The van der Waals surface area contributed by atoms with Gasteiger partial charge in [0.2, 0.25) is 0 Å². The highest BCUT2D eigenvalue weighted by Crippen LogP contribution is 2.38. The number of carbonyl (C=O) groups excluding carboxylic acids is 1. The molecule has 0 saturated carbocycles. The SMILES string of the molecule is COc1cccc(-c2nn(-c3cc(N4CCCC4)ccc3C(F)(F)F)c(=O)c3c2CCN3C(N)=O)c1. The molecule has 188 valence electrons. The first kappa shape index (κ1) is 23.7. The molecule has 3 heterocycles. The van der Waals surface area contributed by atoms with E-state index in [1.54, 1.807) is 24.3 Å². The minimum absolute atomic E-state index is 0.0602. The van der Waals surface area contributed by atoms with Crippen LogP contribution in [-0.2, 0) is 12.6 Å². The predicted molar refractivity (Wildman–Crippen MR) is 129 cm³/mol. The van der Waals surface area contributed by atoms with Gasteiger partial charge in [0.1, 0.15) is 11.4 Å². The van der Waals surface area contributed by atoms with Gasteiger partial charge >= 0.3 is 12.2 Å². The number of aromatic nitrogens is 2. The highest BCUT2D eigenvalue weighted by molar-refractivity contribution is 5.94. The van der Waals surface area contributed by atoms with E-state index in [0.717, 1.165) is 28.5 Å². The zero-order valence-corrected chi connectivity index (χ0v) is 19.5.